The highest BCUT2D eigenvalue weighted by Gasteiger charge is 2.27. The van der Waals surface area contributed by atoms with Crippen LogP contribution in [0.5, 0.6) is 0 Å². The second-order valence-electron chi connectivity index (χ2n) is 6.75. The molecule has 0 bridgehead atoms. The van der Waals surface area contributed by atoms with Gasteiger partial charge in [0.1, 0.15) is 17.5 Å². The smallest absolute Gasteiger partial charge is 0.259 e. The number of amides is 2. The second kappa shape index (κ2) is 7.19. The second-order valence-corrected chi connectivity index (χ2v) is 6.75. The molecule has 2 heterocycles. The summed E-state index contributed by atoms with van der Waals surface area (Å²) < 4.78 is 28.7. The fourth-order valence-corrected chi connectivity index (χ4v) is 3.27. The molecule has 1 aliphatic rings. The first-order chi connectivity index (χ1) is 13.8. The first-order valence-corrected chi connectivity index (χ1v) is 8.80. The first-order valence-electron chi connectivity index (χ1n) is 8.80. The topological polar surface area (TPSA) is 77.6 Å². The summed E-state index contributed by atoms with van der Waals surface area (Å²) >= 11 is 0. The maximum atomic E-state index is 14.6. The van der Waals surface area contributed by atoms with E-state index in [0.717, 1.165) is 11.6 Å². The van der Waals surface area contributed by atoms with Gasteiger partial charge in [0.15, 0.2) is 0 Å². The van der Waals surface area contributed by atoms with Crippen molar-refractivity contribution in [1.82, 2.24) is 15.5 Å². The summed E-state index contributed by atoms with van der Waals surface area (Å²) in [4.78, 5) is 28.7. The van der Waals surface area contributed by atoms with Crippen molar-refractivity contribution in [3.8, 4) is 0 Å². The molecule has 1 saturated heterocycles. The van der Waals surface area contributed by atoms with Crippen molar-refractivity contribution < 1.29 is 18.4 Å². The maximum absolute atomic E-state index is 14.6. The lowest BCUT2D eigenvalue weighted by Crippen LogP contribution is -2.38. The van der Waals surface area contributed by atoms with E-state index in [1.54, 1.807) is 25.0 Å². The number of nitrogens with zero attached hydrogens (tertiary/aromatic N) is 3. The molecule has 2 aromatic carbocycles. The highest BCUT2D eigenvalue weighted by atomic mass is 19.1. The Bertz CT molecular complexity index is 1150. The van der Waals surface area contributed by atoms with Crippen LogP contribution in [0.3, 0.4) is 0 Å². The molecule has 4 rings (SSSR count). The molecule has 3 aromatic rings. The highest BCUT2D eigenvalue weighted by Crippen LogP contribution is 2.28. The number of anilines is 2. The predicted octanol–water partition coefficient (Wildman–Crippen LogP) is 2.77. The van der Waals surface area contributed by atoms with Crippen molar-refractivity contribution in [3.63, 3.8) is 0 Å². The van der Waals surface area contributed by atoms with E-state index in [1.807, 2.05) is 0 Å². The van der Waals surface area contributed by atoms with Gasteiger partial charge in [-0.1, -0.05) is 6.07 Å². The minimum absolute atomic E-state index is 0.144. The Kier molecular flexibility index (Phi) is 4.69. The molecule has 2 amide bonds. The van der Waals surface area contributed by atoms with Gasteiger partial charge in [0.2, 0.25) is 0 Å². The zero-order valence-corrected chi connectivity index (χ0v) is 15.7. The molecule has 0 atom stereocenters. The summed E-state index contributed by atoms with van der Waals surface area (Å²) in [5.41, 5.74) is 3.55. The van der Waals surface area contributed by atoms with Crippen LogP contribution in [0.4, 0.5) is 20.3 Å². The van der Waals surface area contributed by atoms with Crippen LogP contribution in [0.25, 0.3) is 10.8 Å². The van der Waals surface area contributed by atoms with E-state index in [-0.39, 0.29) is 29.5 Å². The molecule has 0 saturated carbocycles. The van der Waals surface area contributed by atoms with Gasteiger partial charge in [-0.05, 0) is 42.8 Å². The van der Waals surface area contributed by atoms with Crippen molar-refractivity contribution in [2.45, 2.75) is 6.92 Å². The normalized spacial score (nSPS) is 14.6. The molecule has 0 radical (unpaired) electrons. The lowest BCUT2D eigenvalue weighted by Gasteiger charge is -2.17. The Hall–Kier alpha value is -3.43. The minimum Gasteiger partial charge on any atom is -0.306 e. The number of halogens is 2. The molecule has 148 valence electrons. The van der Waals surface area contributed by atoms with Gasteiger partial charge in [-0.15, -0.1) is 0 Å². The van der Waals surface area contributed by atoms with Gasteiger partial charge >= 0.3 is 0 Å². The van der Waals surface area contributed by atoms with E-state index < -0.39 is 17.5 Å². The van der Waals surface area contributed by atoms with Crippen LogP contribution >= 0.6 is 0 Å². The molecule has 1 fully saturated rings. The van der Waals surface area contributed by atoms with Gasteiger partial charge in [0.05, 0.1) is 17.8 Å². The summed E-state index contributed by atoms with van der Waals surface area (Å²) in [6.07, 6.45) is 1.38. The van der Waals surface area contributed by atoms with Crippen LogP contribution in [0.15, 0.2) is 42.6 Å². The lowest BCUT2D eigenvalue weighted by molar-refractivity contribution is -0.116. The average Bonchev–Trinajstić information content (AvgIpc) is 3.02. The molecule has 7 nitrogen and oxygen atoms in total. The number of pyridine rings is 1. The number of hydrazine groups is 2. The number of benzene rings is 2. The lowest BCUT2D eigenvalue weighted by atomic mass is 10.1. The molecule has 2 N–H and O–H groups in total. The standard InChI is InChI=1S/C20H17F2N5O2/c1-11-3-6-15(21)13-7-8-23-19(18(11)13)24-20(29)14-5-4-12(9-16(14)22)27-17(28)10-26(2)25-27/h3-9,25H,10H2,1-2H3,(H,23,24,29). The van der Waals surface area contributed by atoms with Crippen molar-refractivity contribution in [3.05, 3.63) is 65.4 Å². The number of likely N-dealkylation sites (N-methyl/N-ethyl adjacent to an activating group) is 1. The number of rotatable bonds is 3. The summed E-state index contributed by atoms with van der Waals surface area (Å²) in [5.74, 6) is -2.07. The number of aromatic nitrogens is 1. The van der Waals surface area contributed by atoms with Crippen molar-refractivity contribution in [2.75, 3.05) is 23.9 Å². The van der Waals surface area contributed by atoms with Crippen LogP contribution in [0.2, 0.25) is 0 Å². The third-order valence-corrected chi connectivity index (χ3v) is 4.66. The largest absolute Gasteiger partial charge is 0.306 e. The van der Waals surface area contributed by atoms with Crippen molar-refractivity contribution >= 4 is 34.1 Å². The predicted molar refractivity (Wildman–Crippen MR) is 104 cm³/mol. The molecule has 29 heavy (non-hydrogen) atoms. The minimum atomic E-state index is -0.799. The number of carbonyl (C=O) groups is 2. The van der Waals surface area contributed by atoms with Crippen LogP contribution in [-0.4, -0.2) is 35.4 Å². The van der Waals surface area contributed by atoms with Gasteiger partial charge in [-0.2, -0.15) is 5.53 Å². The Morgan fingerprint density at radius 1 is 1.17 bits per heavy atom. The molecule has 0 spiro atoms. The van der Waals surface area contributed by atoms with E-state index in [0.29, 0.717) is 10.8 Å². The molecule has 0 aliphatic carbocycles. The molecule has 1 aliphatic heterocycles. The summed E-state index contributed by atoms with van der Waals surface area (Å²) in [7, 11) is 1.68. The van der Waals surface area contributed by atoms with Crippen LogP contribution in [0.1, 0.15) is 15.9 Å². The van der Waals surface area contributed by atoms with Crippen molar-refractivity contribution in [1.29, 1.82) is 0 Å². The quantitative estimate of drug-likeness (QED) is 0.711. The Labute approximate surface area is 164 Å². The number of nitrogens with one attached hydrogen (secondary N) is 2. The third kappa shape index (κ3) is 3.41. The Morgan fingerprint density at radius 3 is 2.66 bits per heavy atom. The number of carbonyl (C=O) groups excluding carboxylic acids is 2. The molecular weight excluding hydrogens is 380 g/mol. The number of hydrogen-bond donors (Lipinski definition) is 2. The monoisotopic (exact) mass is 397 g/mol. The number of hydrogen-bond acceptors (Lipinski definition) is 5. The fraction of sp³-hybridized carbons (Fsp3) is 0.150. The van der Waals surface area contributed by atoms with Crippen LogP contribution < -0.4 is 15.9 Å². The fourth-order valence-electron chi connectivity index (χ4n) is 3.27. The summed E-state index contributed by atoms with van der Waals surface area (Å²) in [5, 5.41) is 6.07. The van der Waals surface area contributed by atoms with Gasteiger partial charge in [-0.25, -0.2) is 23.8 Å². The Balaban J connectivity index is 1.64. The number of aryl methyl sites for hydroxylation is 1. The summed E-state index contributed by atoms with van der Waals surface area (Å²) in [6.45, 7) is 1.91. The van der Waals surface area contributed by atoms with E-state index in [1.165, 1.54) is 35.5 Å². The van der Waals surface area contributed by atoms with E-state index in [2.05, 4.69) is 15.8 Å². The van der Waals surface area contributed by atoms with Crippen LogP contribution in [0, 0.1) is 18.6 Å². The zero-order chi connectivity index (χ0) is 20.7. The number of fused-ring (bicyclic) bond motifs is 1. The molecule has 9 heteroatoms. The van der Waals surface area contributed by atoms with Gasteiger partial charge < -0.3 is 5.32 Å². The van der Waals surface area contributed by atoms with E-state index >= 15 is 0 Å². The van der Waals surface area contributed by atoms with Gasteiger partial charge in [0, 0.05) is 24.0 Å². The van der Waals surface area contributed by atoms with Crippen molar-refractivity contribution in [2.24, 2.45) is 0 Å². The van der Waals surface area contributed by atoms with Crippen LogP contribution in [-0.2, 0) is 4.79 Å². The first kappa shape index (κ1) is 18.9. The molecule has 0 unspecified atom stereocenters. The summed E-state index contributed by atoms with van der Waals surface area (Å²) in [6, 6.07) is 8.28. The average molecular weight is 397 g/mol. The highest BCUT2D eigenvalue weighted by molar-refractivity contribution is 6.09. The van der Waals surface area contributed by atoms with Gasteiger partial charge in [-0.3, -0.25) is 9.59 Å². The SMILES string of the molecule is Cc1ccc(F)c2ccnc(NC(=O)c3ccc(N4NN(C)CC4=O)cc3F)c12. The molecular formula is C20H17F2N5O2. The van der Waals surface area contributed by atoms with E-state index in [4.69, 9.17) is 0 Å². The Morgan fingerprint density at radius 2 is 1.97 bits per heavy atom. The maximum Gasteiger partial charge on any atom is 0.259 e. The van der Waals surface area contributed by atoms with Gasteiger partial charge in [0.25, 0.3) is 11.8 Å². The third-order valence-electron chi connectivity index (χ3n) is 4.66. The molecule has 1 aromatic heterocycles. The zero-order valence-electron chi connectivity index (χ0n) is 15.7. The van der Waals surface area contributed by atoms with E-state index in [9.17, 15) is 18.4 Å².